The fourth-order valence-corrected chi connectivity index (χ4v) is 4.63. The molecular formula is C24H21Cl2N5OS. The van der Waals surface area contributed by atoms with Gasteiger partial charge in [0.15, 0.2) is 11.0 Å². The molecule has 2 aromatic carbocycles. The summed E-state index contributed by atoms with van der Waals surface area (Å²) in [6.45, 7) is 6.02. The first kappa shape index (κ1) is 23.3. The number of carbonyl (C=O) groups is 1. The second-order valence-corrected chi connectivity index (χ2v) is 9.35. The third-order valence-corrected chi connectivity index (χ3v) is 6.66. The first-order chi connectivity index (χ1) is 15.8. The van der Waals surface area contributed by atoms with Crippen LogP contribution in [0.1, 0.15) is 16.7 Å². The maximum atomic E-state index is 12.8. The number of aromatic nitrogens is 4. The highest BCUT2D eigenvalue weighted by molar-refractivity contribution is 7.99. The Morgan fingerprint density at radius 2 is 1.79 bits per heavy atom. The zero-order chi connectivity index (χ0) is 23.5. The van der Waals surface area contributed by atoms with Gasteiger partial charge in [0, 0.05) is 23.6 Å². The smallest absolute Gasteiger partial charge is 0.234 e. The monoisotopic (exact) mass is 497 g/mol. The molecule has 0 aliphatic rings. The van der Waals surface area contributed by atoms with E-state index < -0.39 is 0 Å². The van der Waals surface area contributed by atoms with Crippen molar-refractivity contribution in [1.82, 2.24) is 19.7 Å². The molecule has 0 aliphatic carbocycles. The van der Waals surface area contributed by atoms with Crippen molar-refractivity contribution in [3.63, 3.8) is 0 Å². The lowest BCUT2D eigenvalue weighted by Crippen LogP contribution is -2.16. The molecule has 0 radical (unpaired) electrons. The largest absolute Gasteiger partial charge is 0.325 e. The van der Waals surface area contributed by atoms with Gasteiger partial charge in [-0.25, -0.2) is 0 Å². The van der Waals surface area contributed by atoms with Crippen molar-refractivity contribution in [3.8, 4) is 17.1 Å². The van der Waals surface area contributed by atoms with Gasteiger partial charge in [0.2, 0.25) is 5.91 Å². The first-order valence-electron chi connectivity index (χ1n) is 10.1. The van der Waals surface area contributed by atoms with Gasteiger partial charge in [-0.15, -0.1) is 10.2 Å². The van der Waals surface area contributed by atoms with Crippen molar-refractivity contribution < 1.29 is 4.79 Å². The van der Waals surface area contributed by atoms with Gasteiger partial charge in [-0.3, -0.25) is 14.3 Å². The number of hydrogen-bond donors (Lipinski definition) is 1. The molecule has 9 heteroatoms. The average Bonchev–Trinajstić information content (AvgIpc) is 3.21. The number of benzene rings is 2. The number of hydrogen-bond acceptors (Lipinski definition) is 5. The normalized spacial score (nSPS) is 10.9. The lowest BCUT2D eigenvalue weighted by Gasteiger charge is -2.13. The number of halogens is 2. The molecule has 0 saturated heterocycles. The van der Waals surface area contributed by atoms with Gasteiger partial charge in [-0.05, 0) is 62.2 Å². The standard InChI is InChI=1S/C24H21Cl2N5OS/c1-14-9-15(2)22(16(3)10-14)28-21(32)13-33-24-30-29-23(17-5-4-8-27-12-17)31(24)18-6-7-19(25)20(26)11-18/h4-12H,13H2,1-3H3,(H,28,32). The van der Waals surface area contributed by atoms with Crippen LogP contribution in [0.4, 0.5) is 5.69 Å². The third-order valence-electron chi connectivity index (χ3n) is 4.99. The Labute approximate surface area is 206 Å². The summed E-state index contributed by atoms with van der Waals surface area (Å²) in [5, 5.41) is 13.1. The van der Waals surface area contributed by atoms with E-state index in [0.29, 0.717) is 21.0 Å². The summed E-state index contributed by atoms with van der Waals surface area (Å²) in [6.07, 6.45) is 3.40. The van der Waals surface area contributed by atoms with Crippen molar-refractivity contribution in [1.29, 1.82) is 0 Å². The minimum absolute atomic E-state index is 0.123. The maximum Gasteiger partial charge on any atom is 0.234 e. The molecule has 0 spiro atoms. The molecule has 0 bridgehead atoms. The number of anilines is 1. The number of thioether (sulfide) groups is 1. The Hall–Kier alpha value is -2.87. The van der Waals surface area contributed by atoms with Gasteiger partial charge < -0.3 is 5.32 Å². The van der Waals surface area contributed by atoms with Crippen LogP contribution in [0.5, 0.6) is 0 Å². The molecule has 6 nitrogen and oxygen atoms in total. The fraction of sp³-hybridized carbons (Fsp3) is 0.167. The third kappa shape index (κ3) is 5.21. The first-order valence-corrected chi connectivity index (χ1v) is 11.9. The van der Waals surface area contributed by atoms with Crippen LogP contribution in [0.15, 0.2) is 60.0 Å². The Morgan fingerprint density at radius 3 is 2.45 bits per heavy atom. The van der Waals surface area contributed by atoms with Crippen LogP contribution in [0, 0.1) is 20.8 Å². The molecule has 4 aromatic rings. The molecule has 0 atom stereocenters. The molecule has 1 N–H and O–H groups in total. The van der Waals surface area contributed by atoms with Crippen LogP contribution in [-0.2, 0) is 4.79 Å². The minimum Gasteiger partial charge on any atom is -0.325 e. The molecule has 4 rings (SSSR count). The van der Waals surface area contributed by atoms with E-state index in [2.05, 4.69) is 32.6 Å². The topological polar surface area (TPSA) is 72.7 Å². The SMILES string of the molecule is Cc1cc(C)c(NC(=O)CSc2nnc(-c3cccnc3)n2-c2ccc(Cl)c(Cl)c2)c(C)c1. The van der Waals surface area contributed by atoms with Crippen LogP contribution in [-0.4, -0.2) is 31.4 Å². The molecule has 0 aliphatic heterocycles. The summed E-state index contributed by atoms with van der Waals surface area (Å²) < 4.78 is 1.85. The second kappa shape index (κ2) is 9.95. The van der Waals surface area contributed by atoms with E-state index in [9.17, 15) is 4.79 Å². The number of amides is 1. The molecule has 2 aromatic heterocycles. The Kier molecular flexibility index (Phi) is 7.02. The van der Waals surface area contributed by atoms with Gasteiger partial charge in [-0.2, -0.15) is 0 Å². The van der Waals surface area contributed by atoms with Crippen LogP contribution < -0.4 is 5.32 Å². The van der Waals surface area contributed by atoms with Crippen molar-refractivity contribution in [2.75, 3.05) is 11.1 Å². The highest BCUT2D eigenvalue weighted by atomic mass is 35.5. The number of pyridine rings is 1. The zero-order valence-electron chi connectivity index (χ0n) is 18.3. The maximum absolute atomic E-state index is 12.8. The van der Waals surface area contributed by atoms with Gasteiger partial charge in [-0.1, -0.05) is 52.7 Å². The quantitative estimate of drug-likeness (QED) is 0.316. The molecule has 168 valence electrons. The van der Waals surface area contributed by atoms with Crippen molar-refractivity contribution in [3.05, 3.63) is 81.6 Å². The van der Waals surface area contributed by atoms with E-state index in [1.165, 1.54) is 11.8 Å². The van der Waals surface area contributed by atoms with E-state index >= 15 is 0 Å². The van der Waals surface area contributed by atoms with Crippen LogP contribution >= 0.6 is 35.0 Å². The molecule has 1 amide bonds. The molecular weight excluding hydrogens is 477 g/mol. The lowest BCUT2D eigenvalue weighted by atomic mass is 10.1. The molecule has 0 unspecified atom stereocenters. The molecule has 33 heavy (non-hydrogen) atoms. The fourth-order valence-electron chi connectivity index (χ4n) is 3.59. The number of carbonyl (C=O) groups excluding carboxylic acids is 1. The molecule has 0 saturated carbocycles. The second-order valence-electron chi connectivity index (χ2n) is 7.59. The number of rotatable bonds is 6. The van der Waals surface area contributed by atoms with Gasteiger partial charge in [0.1, 0.15) is 0 Å². The Morgan fingerprint density at radius 1 is 1.03 bits per heavy atom. The van der Waals surface area contributed by atoms with E-state index in [-0.39, 0.29) is 11.7 Å². The Balaban J connectivity index is 1.62. The van der Waals surface area contributed by atoms with Crippen molar-refractivity contribution in [2.24, 2.45) is 0 Å². The number of nitrogens with one attached hydrogen (secondary N) is 1. The van der Waals surface area contributed by atoms with Gasteiger partial charge >= 0.3 is 0 Å². The van der Waals surface area contributed by atoms with Crippen LogP contribution in [0.25, 0.3) is 17.1 Å². The molecule has 0 fully saturated rings. The summed E-state index contributed by atoms with van der Waals surface area (Å²) in [5.41, 5.74) is 5.59. The number of aryl methyl sites for hydroxylation is 3. The van der Waals surface area contributed by atoms with Crippen molar-refractivity contribution in [2.45, 2.75) is 25.9 Å². The Bertz CT molecular complexity index is 1300. The predicted octanol–water partition coefficient (Wildman–Crippen LogP) is 6.29. The lowest BCUT2D eigenvalue weighted by molar-refractivity contribution is -0.113. The average molecular weight is 498 g/mol. The summed E-state index contributed by atoms with van der Waals surface area (Å²) in [4.78, 5) is 16.9. The minimum atomic E-state index is -0.123. The zero-order valence-corrected chi connectivity index (χ0v) is 20.6. The predicted molar refractivity (Wildman–Crippen MR) is 135 cm³/mol. The highest BCUT2D eigenvalue weighted by Gasteiger charge is 2.19. The van der Waals surface area contributed by atoms with Crippen LogP contribution in [0.3, 0.4) is 0 Å². The van der Waals surface area contributed by atoms with Crippen LogP contribution in [0.2, 0.25) is 10.0 Å². The van der Waals surface area contributed by atoms with E-state index in [0.717, 1.165) is 33.6 Å². The highest BCUT2D eigenvalue weighted by Crippen LogP contribution is 2.31. The number of nitrogens with zero attached hydrogens (tertiary/aromatic N) is 4. The molecule has 2 heterocycles. The van der Waals surface area contributed by atoms with E-state index in [1.54, 1.807) is 24.5 Å². The van der Waals surface area contributed by atoms with Gasteiger partial charge in [0.05, 0.1) is 21.5 Å². The summed E-state index contributed by atoms with van der Waals surface area (Å²) in [7, 11) is 0. The summed E-state index contributed by atoms with van der Waals surface area (Å²) in [5.74, 6) is 0.635. The van der Waals surface area contributed by atoms with Crippen molar-refractivity contribution >= 4 is 46.6 Å². The van der Waals surface area contributed by atoms with E-state index in [1.807, 2.05) is 43.5 Å². The van der Waals surface area contributed by atoms with Gasteiger partial charge in [0.25, 0.3) is 0 Å². The van der Waals surface area contributed by atoms with E-state index in [4.69, 9.17) is 23.2 Å². The summed E-state index contributed by atoms with van der Waals surface area (Å²) >= 11 is 13.7. The summed E-state index contributed by atoms with van der Waals surface area (Å²) in [6, 6.07) is 13.1.